The molecule has 2 unspecified atom stereocenters. The maximum atomic E-state index is 12.6. The molecule has 1 aromatic rings. The highest BCUT2D eigenvalue weighted by Crippen LogP contribution is 2.37. The summed E-state index contributed by atoms with van der Waals surface area (Å²) in [4.78, 5) is 14.6. The van der Waals surface area contributed by atoms with Crippen molar-refractivity contribution >= 4 is 18.3 Å². The largest absolute Gasteiger partial charge is 0.338 e. The summed E-state index contributed by atoms with van der Waals surface area (Å²) in [5, 5.41) is 0. The van der Waals surface area contributed by atoms with Gasteiger partial charge < -0.3 is 10.6 Å². The van der Waals surface area contributed by atoms with Crippen LogP contribution in [0.3, 0.4) is 0 Å². The van der Waals surface area contributed by atoms with Gasteiger partial charge in [0, 0.05) is 19.1 Å². The zero-order valence-electron chi connectivity index (χ0n) is 11.0. The molecular formula is C15H21ClN2O. The number of fused-ring (bicyclic) bond motifs is 1. The molecule has 1 heterocycles. The quantitative estimate of drug-likeness (QED) is 0.902. The monoisotopic (exact) mass is 280 g/mol. The molecule has 1 aromatic carbocycles. The summed E-state index contributed by atoms with van der Waals surface area (Å²) in [7, 11) is 0. The Balaban J connectivity index is 0.00000133. The first kappa shape index (κ1) is 14.4. The molecule has 1 aliphatic carbocycles. The van der Waals surface area contributed by atoms with Crippen LogP contribution in [0.15, 0.2) is 24.3 Å². The number of nitrogens with two attached hydrogens (primary N) is 1. The molecule has 1 saturated heterocycles. The summed E-state index contributed by atoms with van der Waals surface area (Å²) >= 11 is 0. The molecule has 3 rings (SSSR count). The first-order chi connectivity index (χ1) is 8.81. The van der Waals surface area contributed by atoms with Crippen molar-refractivity contribution in [3.8, 4) is 0 Å². The number of nitrogens with zero attached hydrogens (tertiary/aromatic N) is 1. The van der Waals surface area contributed by atoms with E-state index >= 15 is 0 Å². The van der Waals surface area contributed by atoms with Crippen LogP contribution in [0.25, 0.3) is 0 Å². The molecule has 2 N–H and O–H groups in total. The van der Waals surface area contributed by atoms with Gasteiger partial charge in [0.05, 0.1) is 5.92 Å². The third-order valence-corrected chi connectivity index (χ3v) is 4.33. The van der Waals surface area contributed by atoms with E-state index in [0.29, 0.717) is 12.5 Å². The van der Waals surface area contributed by atoms with Crippen molar-refractivity contribution in [1.29, 1.82) is 0 Å². The number of benzene rings is 1. The van der Waals surface area contributed by atoms with Gasteiger partial charge in [-0.05, 0) is 36.8 Å². The third kappa shape index (κ3) is 2.49. The summed E-state index contributed by atoms with van der Waals surface area (Å²) in [6.45, 7) is 1.49. The molecule has 1 aliphatic heterocycles. The van der Waals surface area contributed by atoms with Gasteiger partial charge in [-0.15, -0.1) is 12.4 Å². The SMILES string of the molecule is Cl.NCC1CCCCN1C(=O)C1Cc2ccccc21. The van der Waals surface area contributed by atoms with Gasteiger partial charge in [0.25, 0.3) is 0 Å². The molecule has 2 atom stereocenters. The maximum Gasteiger partial charge on any atom is 0.230 e. The molecular weight excluding hydrogens is 260 g/mol. The molecule has 4 heteroatoms. The highest BCUT2D eigenvalue weighted by Gasteiger charge is 2.37. The van der Waals surface area contributed by atoms with Crippen molar-refractivity contribution in [1.82, 2.24) is 4.90 Å². The number of likely N-dealkylation sites (tertiary alicyclic amines) is 1. The maximum absolute atomic E-state index is 12.6. The Bertz CT molecular complexity index is 463. The van der Waals surface area contributed by atoms with Gasteiger partial charge in [-0.2, -0.15) is 0 Å². The van der Waals surface area contributed by atoms with E-state index in [9.17, 15) is 4.79 Å². The average Bonchev–Trinajstić information content (AvgIpc) is 2.40. The summed E-state index contributed by atoms with van der Waals surface area (Å²) in [6, 6.07) is 8.54. The Morgan fingerprint density at radius 3 is 2.84 bits per heavy atom. The topological polar surface area (TPSA) is 46.3 Å². The molecule has 0 aromatic heterocycles. The lowest BCUT2D eigenvalue weighted by Crippen LogP contribution is -2.50. The van der Waals surface area contributed by atoms with E-state index in [4.69, 9.17) is 5.73 Å². The van der Waals surface area contributed by atoms with Gasteiger partial charge in [0.1, 0.15) is 0 Å². The van der Waals surface area contributed by atoms with Crippen LogP contribution in [0.2, 0.25) is 0 Å². The Labute approximate surface area is 120 Å². The highest BCUT2D eigenvalue weighted by molar-refractivity contribution is 5.87. The minimum absolute atomic E-state index is 0. The fourth-order valence-corrected chi connectivity index (χ4v) is 3.22. The Kier molecular flexibility index (Phi) is 4.48. The smallest absolute Gasteiger partial charge is 0.230 e. The summed E-state index contributed by atoms with van der Waals surface area (Å²) in [6.07, 6.45) is 4.29. The van der Waals surface area contributed by atoms with Gasteiger partial charge in [-0.25, -0.2) is 0 Å². The van der Waals surface area contributed by atoms with Crippen molar-refractivity contribution in [3.05, 3.63) is 35.4 Å². The number of carbonyl (C=O) groups is 1. The minimum Gasteiger partial charge on any atom is -0.338 e. The van der Waals surface area contributed by atoms with Gasteiger partial charge in [0.15, 0.2) is 0 Å². The summed E-state index contributed by atoms with van der Waals surface area (Å²) < 4.78 is 0. The van der Waals surface area contributed by atoms with Crippen molar-refractivity contribution in [2.45, 2.75) is 37.6 Å². The molecule has 0 bridgehead atoms. The Morgan fingerprint density at radius 1 is 1.32 bits per heavy atom. The predicted molar refractivity (Wildman–Crippen MR) is 78.5 cm³/mol. The van der Waals surface area contributed by atoms with E-state index in [0.717, 1.165) is 25.8 Å². The number of carbonyl (C=O) groups excluding carboxylic acids is 1. The standard InChI is InChI=1S/C15H20N2O.ClH/c16-10-12-6-3-4-8-17(12)15(18)14-9-11-5-1-2-7-13(11)14;/h1-2,5,7,12,14H,3-4,6,8-10,16H2;1H. The lowest BCUT2D eigenvalue weighted by atomic mass is 9.76. The molecule has 104 valence electrons. The van der Waals surface area contributed by atoms with Gasteiger partial charge in [0.2, 0.25) is 5.91 Å². The highest BCUT2D eigenvalue weighted by atomic mass is 35.5. The molecule has 0 radical (unpaired) electrons. The fraction of sp³-hybridized carbons (Fsp3) is 0.533. The van der Waals surface area contributed by atoms with Crippen LogP contribution in [-0.4, -0.2) is 29.9 Å². The van der Waals surface area contributed by atoms with Crippen LogP contribution in [0.1, 0.15) is 36.3 Å². The van der Waals surface area contributed by atoms with Gasteiger partial charge in [-0.3, -0.25) is 4.79 Å². The molecule has 1 fully saturated rings. The molecule has 0 spiro atoms. The van der Waals surface area contributed by atoms with Crippen LogP contribution < -0.4 is 5.73 Å². The minimum atomic E-state index is 0. The predicted octanol–water partition coefficient (Wildman–Crippen LogP) is 2.09. The number of amides is 1. The van der Waals surface area contributed by atoms with Crippen LogP contribution in [0.5, 0.6) is 0 Å². The molecule has 1 amide bonds. The van der Waals surface area contributed by atoms with Gasteiger partial charge in [-0.1, -0.05) is 24.3 Å². The van der Waals surface area contributed by atoms with Crippen molar-refractivity contribution < 1.29 is 4.79 Å². The second kappa shape index (κ2) is 5.93. The molecule has 3 nitrogen and oxygen atoms in total. The number of piperidine rings is 1. The second-order valence-corrected chi connectivity index (χ2v) is 5.37. The number of halogens is 1. The lowest BCUT2D eigenvalue weighted by Gasteiger charge is -2.40. The Morgan fingerprint density at radius 2 is 2.11 bits per heavy atom. The van der Waals surface area contributed by atoms with E-state index < -0.39 is 0 Å². The van der Waals surface area contributed by atoms with E-state index in [1.54, 1.807) is 0 Å². The summed E-state index contributed by atoms with van der Waals surface area (Å²) in [5.74, 6) is 0.386. The van der Waals surface area contributed by atoms with Crippen LogP contribution in [0.4, 0.5) is 0 Å². The van der Waals surface area contributed by atoms with Crippen molar-refractivity contribution in [2.75, 3.05) is 13.1 Å². The first-order valence-electron chi connectivity index (χ1n) is 6.89. The number of hydrogen-bond donors (Lipinski definition) is 1. The van der Waals surface area contributed by atoms with Crippen molar-refractivity contribution in [3.63, 3.8) is 0 Å². The van der Waals surface area contributed by atoms with E-state index in [2.05, 4.69) is 12.1 Å². The van der Waals surface area contributed by atoms with E-state index in [-0.39, 0.29) is 24.4 Å². The van der Waals surface area contributed by atoms with Crippen LogP contribution in [-0.2, 0) is 11.2 Å². The lowest BCUT2D eigenvalue weighted by molar-refractivity contribution is -0.136. The second-order valence-electron chi connectivity index (χ2n) is 5.37. The zero-order chi connectivity index (χ0) is 12.5. The molecule has 2 aliphatic rings. The van der Waals surface area contributed by atoms with Gasteiger partial charge >= 0.3 is 0 Å². The Hall–Kier alpha value is -1.06. The van der Waals surface area contributed by atoms with E-state index in [1.165, 1.54) is 17.5 Å². The normalized spacial score (nSPS) is 25.0. The van der Waals surface area contributed by atoms with Crippen LogP contribution in [0, 0.1) is 0 Å². The number of hydrogen-bond acceptors (Lipinski definition) is 2. The fourth-order valence-electron chi connectivity index (χ4n) is 3.22. The summed E-state index contributed by atoms with van der Waals surface area (Å²) in [5.41, 5.74) is 8.35. The average molecular weight is 281 g/mol. The number of rotatable bonds is 2. The van der Waals surface area contributed by atoms with Crippen molar-refractivity contribution in [2.24, 2.45) is 5.73 Å². The first-order valence-corrected chi connectivity index (χ1v) is 6.89. The van der Waals surface area contributed by atoms with Crippen LogP contribution >= 0.6 is 12.4 Å². The molecule has 19 heavy (non-hydrogen) atoms. The third-order valence-electron chi connectivity index (χ3n) is 4.33. The van der Waals surface area contributed by atoms with E-state index in [1.807, 2.05) is 17.0 Å². The zero-order valence-corrected chi connectivity index (χ0v) is 11.9. The molecule has 0 saturated carbocycles.